The van der Waals surface area contributed by atoms with Gasteiger partial charge in [-0.1, -0.05) is 0 Å². The number of hydrogen-bond acceptors (Lipinski definition) is 5. The first kappa shape index (κ1) is 15.2. The third kappa shape index (κ3) is 3.92. The van der Waals surface area contributed by atoms with Crippen LogP contribution in [0.5, 0.6) is 0 Å². The third-order valence-electron chi connectivity index (χ3n) is 3.16. The maximum Gasteiger partial charge on any atom is 0.258 e. The molecular formula is C12H15BrN4O2S2. The van der Waals surface area contributed by atoms with E-state index in [1.807, 2.05) is 11.4 Å². The van der Waals surface area contributed by atoms with Gasteiger partial charge in [-0.25, -0.2) is 13.1 Å². The van der Waals surface area contributed by atoms with E-state index >= 15 is 0 Å². The molecule has 114 valence electrons. The van der Waals surface area contributed by atoms with Crippen molar-refractivity contribution < 1.29 is 8.42 Å². The number of hydrogen-bond donors (Lipinski definition) is 3. The van der Waals surface area contributed by atoms with Crippen molar-refractivity contribution in [2.75, 3.05) is 0 Å². The van der Waals surface area contributed by atoms with Crippen molar-refractivity contribution in [3.8, 4) is 0 Å². The summed E-state index contributed by atoms with van der Waals surface area (Å²) in [5.41, 5.74) is 0.668. The maximum atomic E-state index is 12.3. The second kappa shape index (κ2) is 6.17. The summed E-state index contributed by atoms with van der Waals surface area (Å²) in [6.45, 7) is 0.787. The largest absolute Gasteiger partial charge is 0.310 e. The van der Waals surface area contributed by atoms with Gasteiger partial charge in [0.25, 0.3) is 10.0 Å². The lowest BCUT2D eigenvalue weighted by molar-refractivity contribution is 0.574. The minimum Gasteiger partial charge on any atom is -0.310 e. The maximum absolute atomic E-state index is 12.3. The summed E-state index contributed by atoms with van der Waals surface area (Å²) in [7, 11) is -3.58. The predicted molar refractivity (Wildman–Crippen MR) is 84.5 cm³/mol. The number of thiophene rings is 1. The molecule has 1 aliphatic carbocycles. The number of aromatic amines is 1. The van der Waals surface area contributed by atoms with Crippen molar-refractivity contribution >= 4 is 37.3 Å². The topological polar surface area (TPSA) is 86.9 Å². The molecule has 0 radical (unpaired) electrons. The molecule has 0 bridgehead atoms. The monoisotopic (exact) mass is 390 g/mol. The van der Waals surface area contributed by atoms with Gasteiger partial charge in [0.1, 0.15) is 0 Å². The molecule has 1 fully saturated rings. The lowest BCUT2D eigenvalue weighted by atomic mass is 10.3. The Balaban J connectivity index is 1.67. The molecule has 1 aliphatic rings. The molecular weight excluding hydrogens is 376 g/mol. The van der Waals surface area contributed by atoms with Crippen molar-refractivity contribution in [2.45, 2.75) is 37.0 Å². The van der Waals surface area contributed by atoms with E-state index in [2.05, 4.69) is 36.2 Å². The van der Waals surface area contributed by atoms with E-state index in [0.717, 1.165) is 22.2 Å². The summed E-state index contributed by atoms with van der Waals surface area (Å²) in [5.74, 6) is 0. The average Bonchev–Trinajstić information content (AvgIpc) is 2.97. The zero-order valence-corrected chi connectivity index (χ0v) is 14.3. The summed E-state index contributed by atoms with van der Waals surface area (Å²) >= 11 is 4.85. The number of rotatable bonds is 7. The number of aromatic nitrogens is 2. The Morgan fingerprint density at radius 3 is 2.90 bits per heavy atom. The van der Waals surface area contributed by atoms with Gasteiger partial charge in [-0.3, -0.25) is 5.10 Å². The van der Waals surface area contributed by atoms with Gasteiger partial charge < -0.3 is 5.32 Å². The lowest BCUT2D eigenvalue weighted by Gasteiger charge is -2.07. The second-order valence-corrected chi connectivity index (χ2v) is 8.55. The van der Waals surface area contributed by atoms with Crippen molar-refractivity contribution in [1.29, 1.82) is 0 Å². The number of nitrogens with one attached hydrogen (secondary N) is 3. The highest BCUT2D eigenvalue weighted by Crippen LogP contribution is 2.22. The Bertz CT molecular complexity index is 721. The van der Waals surface area contributed by atoms with Gasteiger partial charge in [0, 0.05) is 39.4 Å². The molecule has 2 aromatic heterocycles. The van der Waals surface area contributed by atoms with Crippen molar-refractivity contribution in [3.05, 3.63) is 32.6 Å². The molecule has 0 unspecified atom stereocenters. The van der Waals surface area contributed by atoms with Gasteiger partial charge in [0.05, 0.1) is 6.20 Å². The first-order valence-electron chi connectivity index (χ1n) is 6.53. The molecule has 6 nitrogen and oxygen atoms in total. The quantitative estimate of drug-likeness (QED) is 0.674. The Morgan fingerprint density at radius 2 is 2.24 bits per heavy atom. The number of nitrogens with zero attached hydrogens (tertiary/aromatic N) is 1. The van der Waals surface area contributed by atoms with Crippen LogP contribution in [0.1, 0.15) is 23.3 Å². The van der Waals surface area contributed by atoms with E-state index < -0.39 is 10.0 Å². The molecule has 0 aliphatic heterocycles. The van der Waals surface area contributed by atoms with E-state index in [9.17, 15) is 8.42 Å². The zero-order valence-electron chi connectivity index (χ0n) is 11.1. The van der Waals surface area contributed by atoms with Crippen LogP contribution in [0.3, 0.4) is 0 Å². The predicted octanol–water partition coefficient (Wildman–Crippen LogP) is 1.96. The fourth-order valence-electron chi connectivity index (χ4n) is 1.88. The Kier molecular flexibility index (Phi) is 4.46. The van der Waals surface area contributed by atoms with Crippen LogP contribution in [0.25, 0.3) is 0 Å². The van der Waals surface area contributed by atoms with Crippen LogP contribution < -0.4 is 10.0 Å². The number of sulfonamides is 1. The molecule has 1 saturated carbocycles. The van der Waals surface area contributed by atoms with Crippen molar-refractivity contribution in [2.24, 2.45) is 0 Å². The van der Waals surface area contributed by atoms with Gasteiger partial charge in [-0.2, -0.15) is 5.10 Å². The van der Waals surface area contributed by atoms with Crippen LogP contribution in [0.4, 0.5) is 0 Å². The van der Waals surface area contributed by atoms with Crippen LogP contribution in [0.2, 0.25) is 0 Å². The van der Waals surface area contributed by atoms with E-state index in [0.29, 0.717) is 18.2 Å². The van der Waals surface area contributed by atoms with E-state index in [1.165, 1.54) is 11.3 Å². The highest BCUT2D eigenvalue weighted by molar-refractivity contribution is 9.10. The minimum absolute atomic E-state index is 0.145. The van der Waals surface area contributed by atoms with Crippen LogP contribution in [-0.4, -0.2) is 24.7 Å². The standard InChI is InChI=1S/C12H15BrN4O2S2/c13-9-3-11(20-7-9)6-16-21(18,19)12-8(5-15-17-12)4-14-10-1-2-10/h3,5,7,10,14,16H,1-2,4,6H2,(H,15,17). The van der Waals surface area contributed by atoms with Crippen LogP contribution >= 0.6 is 27.3 Å². The highest BCUT2D eigenvalue weighted by Gasteiger charge is 2.24. The minimum atomic E-state index is -3.58. The van der Waals surface area contributed by atoms with E-state index in [-0.39, 0.29) is 11.6 Å². The fraction of sp³-hybridized carbons (Fsp3) is 0.417. The zero-order chi connectivity index (χ0) is 14.9. The summed E-state index contributed by atoms with van der Waals surface area (Å²) < 4.78 is 28.2. The molecule has 0 saturated heterocycles. The molecule has 0 aromatic carbocycles. The van der Waals surface area contributed by atoms with Gasteiger partial charge in [-0.15, -0.1) is 11.3 Å². The molecule has 0 amide bonds. The Labute approximate surface area is 135 Å². The van der Waals surface area contributed by atoms with Crippen LogP contribution in [0, 0.1) is 0 Å². The first-order valence-corrected chi connectivity index (χ1v) is 9.68. The Hall–Kier alpha value is -0.740. The molecule has 3 rings (SSSR count). The molecule has 0 atom stereocenters. The van der Waals surface area contributed by atoms with Crippen molar-refractivity contribution in [1.82, 2.24) is 20.2 Å². The van der Waals surface area contributed by atoms with E-state index in [4.69, 9.17) is 0 Å². The average molecular weight is 391 g/mol. The third-order valence-corrected chi connectivity index (χ3v) is 6.28. The van der Waals surface area contributed by atoms with Gasteiger partial charge >= 0.3 is 0 Å². The molecule has 2 aromatic rings. The van der Waals surface area contributed by atoms with E-state index in [1.54, 1.807) is 6.20 Å². The van der Waals surface area contributed by atoms with Gasteiger partial charge in [0.15, 0.2) is 5.03 Å². The van der Waals surface area contributed by atoms with Crippen molar-refractivity contribution in [3.63, 3.8) is 0 Å². The first-order chi connectivity index (χ1) is 10.0. The van der Waals surface area contributed by atoms with Gasteiger partial charge in [0.2, 0.25) is 0 Å². The summed E-state index contributed by atoms with van der Waals surface area (Å²) in [4.78, 5) is 0.947. The number of H-pyrrole nitrogens is 1. The SMILES string of the molecule is O=S(=O)(NCc1cc(Br)cs1)c1[nH]ncc1CNC1CC1. The summed E-state index contributed by atoms with van der Waals surface area (Å²) in [6.07, 6.45) is 3.88. The fourth-order valence-corrected chi connectivity index (χ4v) is 4.50. The molecule has 3 N–H and O–H groups in total. The highest BCUT2D eigenvalue weighted by atomic mass is 79.9. The Morgan fingerprint density at radius 1 is 1.43 bits per heavy atom. The molecule has 2 heterocycles. The van der Waals surface area contributed by atoms with Crippen LogP contribution in [-0.2, 0) is 23.1 Å². The molecule has 21 heavy (non-hydrogen) atoms. The van der Waals surface area contributed by atoms with Crippen LogP contribution in [0.15, 0.2) is 27.1 Å². The second-order valence-electron chi connectivity index (χ2n) is 4.94. The lowest BCUT2D eigenvalue weighted by Crippen LogP contribution is -2.25. The summed E-state index contributed by atoms with van der Waals surface area (Å²) in [6, 6.07) is 2.42. The molecule has 0 spiro atoms. The molecule has 9 heteroatoms. The number of halogens is 1. The summed E-state index contributed by atoms with van der Waals surface area (Å²) in [5, 5.41) is 11.8. The normalized spacial score (nSPS) is 15.5. The smallest absolute Gasteiger partial charge is 0.258 e. The van der Waals surface area contributed by atoms with Gasteiger partial charge in [-0.05, 0) is 34.8 Å².